The number of aliphatic hydroxyl groups excluding tert-OH is 2. The molecule has 0 radical (unpaired) electrons. The van der Waals surface area contributed by atoms with Crippen molar-refractivity contribution < 1.29 is 10.2 Å². The second-order valence-corrected chi connectivity index (χ2v) is 5.55. The summed E-state index contributed by atoms with van der Waals surface area (Å²) in [5.41, 5.74) is 0.389. The summed E-state index contributed by atoms with van der Waals surface area (Å²) < 4.78 is 0. The van der Waals surface area contributed by atoms with Crippen LogP contribution in [0.2, 0.25) is 5.02 Å². The maximum atomic E-state index is 9.23. The topological polar surface area (TPSA) is 43.7 Å². The van der Waals surface area contributed by atoms with E-state index in [1.165, 1.54) is 0 Å². The lowest BCUT2D eigenvalue weighted by Gasteiger charge is -2.29. The van der Waals surface area contributed by atoms with Crippen molar-refractivity contribution in [2.75, 3.05) is 33.4 Å². The van der Waals surface area contributed by atoms with Crippen molar-refractivity contribution in [2.24, 2.45) is 5.41 Å². The minimum Gasteiger partial charge on any atom is -0.396 e. The minimum absolute atomic E-state index is 0.0461. The smallest absolute Gasteiger partial charge is 0.0603 e. The summed E-state index contributed by atoms with van der Waals surface area (Å²) >= 11 is 5.88. The highest BCUT2D eigenvalue weighted by Crippen LogP contribution is 2.15. The zero-order valence-corrected chi connectivity index (χ0v) is 12.1. The first-order valence-electron chi connectivity index (χ1n) is 6.14. The van der Waals surface area contributed by atoms with Crippen LogP contribution in [0.15, 0.2) is 24.3 Å². The van der Waals surface area contributed by atoms with Crippen LogP contribution in [0.4, 0.5) is 0 Å². The Morgan fingerprint density at radius 3 is 2.58 bits per heavy atom. The Bertz CT molecular complexity index is 461. The first-order chi connectivity index (χ1) is 8.99. The molecule has 0 unspecified atom stereocenters. The van der Waals surface area contributed by atoms with E-state index in [2.05, 4.69) is 11.8 Å². The number of rotatable bonds is 5. The molecule has 0 aliphatic carbocycles. The fraction of sp³-hybridized carbons (Fsp3) is 0.467. The van der Waals surface area contributed by atoms with E-state index in [-0.39, 0.29) is 13.2 Å². The molecule has 19 heavy (non-hydrogen) atoms. The van der Waals surface area contributed by atoms with Crippen LogP contribution < -0.4 is 0 Å². The molecule has 3 nitrogen and oxygen atoms in total. The first kappa shape index (κ1) is 16.0. The molecule has 0 aliphatic rings. The molecule has 104 valence electrons. The molecule has 4 heteroatoms. The van der Waals surface area contributed by atoms with Gasteiger partial charge in [-0.2, -0.15) is 0 Å². The number of nitrogens with zero attached hydrogens (tertiary/aromatic N) is 1. The minimum atomic E-state index is -0.494. The molecule has 0 spiro atoms. The summed E-state index contributed by atoms with van der Waals surface area (Å²) in [6.07, 6.45) is 0. The highest BCUT2D eigenvalue weighted by molar-refractivity contribution is 6.30. The average molecular weight is 282 g/mol. The number of aliphatic hydroxyl groups is 2. The molecule has 1 rings (SSSR count). The van der Waals surface area contributed by atoms with Gasteiger partial charge in [0.25, 0.3) is 0 Å². The second-order valence-electron chi connectivity index (χ2n) is 5.11. The van der Waals surface area contributed by atoms with Gasteiger partial charge in [0, 0.05) is 22.5 Å². The van der Waals surface area contributed by atoms with Crippen molar-refractivity contribution in [3.05, 3.63) is 34.9 Å². The molecule has 0 atom stereocenters. The van der Waals surface area contributed by atoms with E-state index in [1.807, 2.05) is 43.1 Å². The molecule has 0 fully saturated rings. The molecule has 0 amide bonds. The van der Waals surface area contributed by atoms with Crippen LogP contribution in [0, 0.1) is 17.3 Å². The molecule has 0 aromatic heterocycles. The van der Waals surface area contributed by atoms with Crippen LogP contribution in [0.5, 0.6) is 0 Å². The lowest BCUT2D eigenvalue weighted by atomic mass is 9.92. The molecule has 0 bridgehead atoms. The fourth-order valence-electron chi connectivity index (χ4n) is 1.70. The Balaban J connectivity index is 2.53. The largest absolute Gasteiger partial charge is 0.396 e. The Labute approximate surface area is 119 Å². The predicted molar refractivity (Wildman–Crippen MR) is 78.1 cm³/mol. The van der Waals surface area contributed by atoms with Gasteiger partial charge in [0.2, 0.25) is 0 Å². The van der Waals surface area contributed by atoms with Gasteiger partial charge in [-0.25, -0.2) is 0 Å². The molecule has 2 N–H and O–H groups in total. The molecular weight excluding hydrogens is 262 g/mol. The number of hydrogen-bond donors (Lipinski definition) is 2. The van der Waals surface area contributed by atoms with Gasteiger partial charge in [-0.05, 0) is 25.2 Å². The van der Waals surface area contributed by atoms with Crippen molar-refractivity contribution in [1.82, 2.24) is 4.90 Å². The summed E-state index contributed by atoms with van der Waals surface area (Å²) in [5, 5.41) is 19.1. The van der Waals surface area contributed by atoms with Gasteiger partial charge in [-0.3, -0.25) is 4.90 Å². The van der Waals surface area contributed by atoms with Crippen molar-refractivity contribution in [1.29, 1.82) is 0 Å². The average Bonchev–Trinajstić information content (AvgIpc) is 2.38. The molecular formula is C15H20ClNO2. The van der Waals surface area contributed by atoms with Crippen LogP contribution in [-0.4, -0.2) is 48.5 Å². The number of hydrogen-bond acceptors (Lipinski definition) is 3. The van der Waals surface area contributed by atoms with Gasteiger partial charge in [-0.1, -0.05) is 36.4 Å². The van der Waals surface area contributed by atoms with Gasteiger partial charge in [-0.15, -0.1) is 0 Å². The third-order valence-electron chi connectivity index (χ3n) is 2.82. The summed E-state index contributed by atoms with van der Waals surface area (Å²) in [6, 6.07) is 7.40. The van der Waals surface area contributed by atoms with Crippen molar-refractivity contribution in [3.8, 4) is 11.8 Å². The number of benzene rings is 1. The Morgan fingerprint density at radius 1 is 1.32 bits per heavy atom. The molecule has 0 saturated carbocycles. The summed E-state index contributed by atoms with van der Waals surface area (Å²) in [6.45, 7) is 2.91. The maximum Gasteiger partial charge on any atom is 0.0603 e. The normalized spacial score (nSPS) is 11.3. The molecule has 0 saturated heterocycles. The van der Waals surface area contributed by atoms with E-state index in [0.29, 0.717) is 18.1 Å². The standard InChI is InChI=1S/C15H20ClNO2/c1-15(11-18,12-19)10-17(2)8-4-6-13-5-3-7-14(16)9-13/h3,5,7,9,18-19H,8,10-12H2,1-2H3. The van der Waals surface area contributed by atoms with E-state index in [4.69, 9.17) is 11.6 Å². The van der Waals surface area contributed by atoms with Crippen LogP contribution in [0.25, 0.3) is 0 Å². The van der Waals surface area contributed by atoms with Crippen LogP contribution >= 0.6 is 11.6 Å². The number of halogens is 1. The SMILES string of the molecule is CN(CC#Cc1cccc(Cl)c1)CC(C)(CO)CO. The van der Waals surface area contributed by atoms with Gasteiger partial charge in [0.15, 0.2) is 0 Å². The molecule has 0 aliphatic heterocycles. The molecule has 1 aromatic rings. The van der Waals surface area contributed by atoms with E-state index in [0.717, 1.165) is 5.56 Å². The molecule has 1 aromatic carbocycles. The monoisotopic (exact) mass is 281 g/mol. The lowest BCUT2D eigenvalue weighted by Crippen LogP contribution is -2.39. The predicted octanol–water partition coefficient (Wildman–Crippen LogP) is 1.61. The third kappa shape index (κ3) is 5.63. The highest BCUT2D eigenvalue weighted by Gasteiger charge is 2.23. The lowest BCUT2D eigenvalue weighted by molar-refractivity contribution is 0.0451. The van der Waals surface area contributed by atoms with Crippen molar-refractivity contribution in [2.45, 2.75) is 6.92 Å². The third-order valence-corrected chi connectivity index (χ3v) is 3.06. The highest BCUT2D eigenvalue weighted by atomic mass is 35.5. The first-order valence-corrected chi connectivity index (χ1v) is 6.51. The van der Waals surface area contributed by atoms with Gasteiger partial charge in [0.1, 0.15) is 0 Å². The van der Waals surface area contributed by atoms with Gasteiger partial charge < -0.3 is 10.2 Å². The Hall–Kier alpha value is -1.05. The zero-order chi connectivity index (χ0) is 14.3. The van der Waals surface area contributed by atoms with E-state index < -0.39 is 5.41 Å². The van der Waals surface area contributed by atoms with E-state index in [1.54, 1.807) is 0 Å². The second kappa shape index (κ2) is 7.52. The zero-order valence-electron chi connectivity index (χ0n) is 11.4. The Kier molecular flexibility index (Phi) is 6.33. The van der Waals surface area contributed by atoms with Gasteiger partial charge in [0.05, 0.1) is 19.8 Å². The molecule has 0 heterocycles. The van der Waals surface area contributed by atoms with Crippen LogP contribution in [-0.2, 0) is 0 Å². The Morgan fingerprint density at radius 2 is 2.00 bits per heavy atom. The van der Waals surface area contributed by atoms with E-state index >= 15 is 0 Å². The summed E-state index contributed by atoms with van der Waals surface area (Å²) in [7, 11) is 1.91. The maximum absolute atomic E-state index is 9.23. The fourth-order valence-corrected chi connectivity index (χ4v) is 1.89. The summed E-state index contributed by atoms with van der Waals surface area (Å²) in [5.74, 6) is 6.09. The quantitative estimate of drug-likeness (QED) is 0.806. The van der Waals surface area contributed by atoms with Crippen molar-refractivity contribution in [3.63, 3.8) is 0 Å². The van der Waals surface area contributed by atoms with Gasteiger partial charge >= 0.3 is 0 Å². The van der Waals surface area contributed by atoms with Crippen LogP contribution in [0.3, 0.4) is 0 Å². The summed E-state index contributed by atoms with van der Waals surface area (Å²) in [4.78, 5) is 1.98. The van der Waals surface area contributed by atoms with Crippen molar-refractivity contribution >= 4 is 11.6 Å². The van der Waals surface area contributed by atoms with Crippen LogP contribution in [0.1, 0.15) is 12.5 Å². The van der Waals surface area contributed by atoms with E-state index in [9.17, 15) is 10.2 Å².